The van der Waals surface area contributed by atoms with Gasteiger partial charge in [-0.15, -0.1) is 0 Å². The number of hydrogen-bond donors (Lipinski definition) is 1. The lowest BCUT2D eigenvalue weighted by Crippen LogP contribution is -2.48. The molecule has 0 spiro atoms. The van der Waals surface area contributed by atoms with Crippen LogP contribution < -0.4 is 5.73 Å². The third-order valence-electron chi connectivity index (χ3n) is 4.67. The van der Waals surface area contributed by atoms with Crippen molar-refractivity contribution in [1.82, 2.24) is 4.90 Å². The average Bonchev–Trinajstić information content (AvgIpc) is 2.45. The minimum Gasteiger partial charge on any atom is -0.341 e. The van der Waals surface area contributed by atoms with E-state index in [4.69, 9.17) is 5.73 Å². The van der Waals surface area contributed by atoms with Crippen LogP contribution in [-0.4, -0.2) is 29.9 Å². The van der Waals surface area contributed by atoms with Gasteiger partial charge in [-0.2, -0.15) is 0 Å². The maximum absolute atomic E-state index is 12.4. The van der Waals surface area contributed by atoms with Gasteiger partial charge in [0.1, 0.15) is 0 Å². The van der Waals surface area contributed by atoms with Crippen LogP contribution in [0, 0.1) is 5.92 Å². The van der Waals surface area contributed by atoms with Crippen LogP contribution in [0.25, 0.3) is 0 Å². The average molecular weight is 316 g/mol. The highest BCUT2D eigenvalue weighted by Gasteiger charge is 2.29. The number of benzene rings is 1. The highest BCUT2D eigenvalue weighted by Crippen LogP contribution is 2.29. The van der Waals surface area contributed by atoms with Crippen LogP contribution in [0.5, 0.6) is 0 Å². The van der Waals surface area contributed by atoms with Gasteiger partial charge in [-0.05, 0) is 28.9 Å². The molecule has 1 heterocycles. The number of piperidine rings is 1. The van der Waals surface area contributed by atoms with Crippen LogP contribution in [0.3, 0.4) is 0 Å². The summed E-state index contributed by atoms with van der Waals surface area (Å²) in [7, 11) is 0. The minimum atomic E-state index is 0.0761. The zero-order valence-electron chi connectivity index (χ0n) is 15.3. The second-order valence-electron chi connectivity index (χ2n) is 8.46. The smallest absolute Gasteiger partial charge is 0.222 e. The molecule has 2 atom stereocenters. The van der Waals surface area contributed by atoms with Gasteiger partial charge in [-0.25, -0.2) is 0 Å². The van der Waals surface area contributed by atoms with Crippen LogP contribution in [0.4, 0.5) is 0 Å². The molecule has 1 aliphatic rings. The molecule has 2 unspecified atom stereocenters. The minimum absolute atomic E-state index is 0.0761. The number of likely N-dealkylation sites (tertiary alicyclic amines) is 1. The second kappa shape index (κ2) is 7.04. The molecule has 1 aliphatic heterocycles. The molecule has 3 nitrogen and oxygen atoms in total. The normalized spacial score (nSPS) is 22.5. The number of nitrogens with zero attached hydrogens (tertiary/aromatic N) is 1. The summed E-state index contributed by atoms with van der Waals surface area (Å²) in [5, 5.41) is 0. The summed E-state index contributed by atoms with van der Waals surface area (Å²) in [6.45, 7) is 12.4. The predicted molar refractivity (Wildman–Crippen MR) is 96.5 cm³/mol. The number of amides is 1. The number of rotatable bonds is 3. The van der Waals surface area contributed by atoms with Crippen LogP contribution in [0.15, 0.2) is 24.3 Å². The van der Waals surface area contributed by atoms with Gasteiger partial charge in [0.2, 0.25) is 5.91 Å². The van der Waals surface area contributed by atoms with E-state index < -0.39 is 0 Å². The summed E-state index contributed by atoms with van der Waals surface area (Å²) in [6.07, 6.45) is 1.57. The van der Waals surface area contributed by atoms with Crippen molar-refractivity contribution in [3.8, 4) is 0 Å². The van der Waals surface area contributed by atoms with Crippen molar-refractivity contribution >= 4 is 5.91 Å². The molecule has 0 bridgehead atoms. The first-order valence-electron chi connectivity index (χ1n) is 8.80. The van der Waals surface area contributed by atoms with E-state index in [-0.39, 0.29) is 17.4 Å². The van der Waals surface area contributed by atoms with Crippen LogP contribution in [-0.2, 0) is 10.2 Å². The van der Waals surface area contributed by atoms with E-state index in [0.29, 0.717) is 24.8 Å². The molecule has 1 amide bonds. The molecule has 0 saturated carbocycles. The largest absolute Gasteiger partial charge is 0.341 e. The molecule has 1 fully saturated rings. The lowest BCUT2D eigenvalue weighted by molar-refractivity contribution is -0.133. The molecule has 0 radical (unpaired) electrons. The van der Waals surface area contributed by atoms with Gasteiger partial charge in [-0.3, -0.25) is 4.79 Å². The molecular formula is C20H32N2O. The maximum Gasteiger partial charge on any atom is 0.222 e. The van der Waals surface area contributed by atoms with E-state index in [1.807, 2.05) is 4.90 Å². The van der Waals surface area contributed by atoms with Crippen molar-refractivity contribution in [2.45, 2.75) is 64.8 Å². The fourth-order valence-electron chi connectivity index (χ4n) is 3.32. The summed E-state index contributed by atoms with van der Waals surface area (Å²) in [5.74, 6) is 0.987. The zero-order chi connectivity index (χ0) is 17.2. The monoisotopic (exact) mass is 316 g/mol. The molecule has 0 aromatic heterocycles. The number of nitrogens with two attached hydrogens (primary N) is 1. The highest BCUT2D eigenvalue weighted by molar-refractivity contribution is 5.76. The van der Waals surface area contributed by atoms with E-state index in [0.717, 1.165) is 13.0 Å². The third kappa shape index (κ3) is 4.81. The zero-order valence-corrected chi connectivity index (χ0v) is 15.3. The molecule has 1 saturated heterocycles. The fourth-order valence-corrected chi connectivity index (χ4v) is 3.32. The van der Waals surface area contributed by atoms with Crippen LogP contribution >= 0.6 is 0 Å². The van der Waals surface area contributed by atoms with Gasteiger partial charge in [0.25, 0.3) is 0 Å². The molecule has 1 aromatic rings. The molecule has 2 rings (SSSR count). The van der Waals surface area contributed by atoms with E-state index in [2.05, 4.69) is 58.9 Å². The van der Waals surface area contributed by atoms with Gasteiger partial charge >= 0.3 is 0 Å². The molecular weight excluding hydrogens is 284 g/mol. The van der Waals surface area contributed by atoms with Crippen molar-refractivity contribution in [1.29, 1.82) is 0 Å². The van der Waals surface area contributed by atoms with Gasteiger partial charge in [-0.1, -0.05) is 58.9 Å². The van der Waals surface area contributed by atoms with Crippen molar-refractivity contribution < 1.29 is 4.79 Å². The maximum atomic E-state index is 12.4. The quantitative estimate of drug-likeness (QED) is 0.925. The summed E-state index contributed by atoms with van der Waals surface area (Å²) >= 11 is 0. The number of carbonyl (C=O) groups is 1. The second-order valence-corrected chi connectivity index (χ2v) is 8.46. The summed E-state index contributed by atoms with van der Waals surface area (Å²) in [4.78, 5) is 14.4. The van der Waals surface area contributed by atoms with E-state index >= 15 is 0 Å². The van der Waals surface area contributed by atoms with Crippen molar-refractivity contribution in [2.24, 2.45) is 11.7 Å². The summed E-state index contributed by atoms with van der Waals surface area (Å²) in [6, 6.07) is 8.95. The third-order valence-corrected chi connectivity index (χ3v) is 4.67. The van der Waals surface area contributed by atoms with Gasteiger partial charge < -0.3 is 10.6 Å². The van der Waals surface area contributed by atoms with E-state index in [1.54, 1.807) is 0 Å². The Kier molecular flexibility index (Phi) is 5.51. The van der Waals surface area contributed by atoms with Crippen molar-refractivity contribution in [3.63, 3.8) is 0 Å². The topological polar surface area (TPSA) is 46.3 Å². The SMILES string of the molecule is CC(C)CC(=O)N1CC(N)CC(c2ccc(C(C)(C)C)cc2)C1. The predicted octanol–water partition coefficient (Wildman–Crippen LogP) is 3.67. The van der Waals surface area contributed by atoms with Crippen molar-refractivity contribution in [2.75, 3.05) is 13.1 Å². The first kappa shape index (κ1) is 18.0. The van der Waals surface area contributed by atoms with E-state index in [1.165, 1.54) is 11.1 Å². The van der Waals surface area contributed by atoms with Gasteiger partial charge in [0, 0.05) is 31.5 Å². The van der Waals surface area contributed by atoms with Gasteiger partial charge in [0.15, 0.2) is 0 Å². The molecule has 1 aromatic carbocycles. The van der Waals surface area contributed by atoms with Crippen molar-refractivity contribution in [3.05, 3.63) is 35.4 Å². The van der Waals surface area contributed by atoms with Crippen LogP contribution in [0.2, 0.25) is 0 Å². The fraction of sp³-hybridized carbons (Fsp3) is 0.650. The Morgan fingerprint density at radius 2 is 1.83 bits per heavy atom. The Bertz CT molecular complexity index is 528. The highest BCUT2D eigenvalue weighted by atomic mass is 16.2. The Hall–Kier alpha value is -1.35. The Morgan fingerprint density at radius 1 is 1.22 bits per heavy atom. The number of hydrogen-bond acceptors (Lipinski definition) is 2. The number of carbonyl (C=O) groups excluding carboxylic acids is 1. The lowest BCUT2D eigenvalue weighted by atomic mass is 9.83. The summed E-state index contributed by atoms with van der Waals surface area (Å²) < 4.78 is 0. The first-order chi connectivity index (χ1) is 10.7. The molecule has 128 valence electrons. The molecule has 2 N–H and O–H groups in total. The lowest BCUT2D eigenvalue weighted by Gasteiger charge is -2.37. The Balaban J connectivity index is 2.11. The summed E-state index contributed by atoms with van der Waals surface area (Å²) in [5.41, 5.74) is 9.04. The molecule has 3 heteroatoms. The van der Waals surface area contributed by atoms with Crippen LogP contribution in [0.1, 0.15) is 64.5 Å². The Morgan fingerprint density at radius 3 is 2.35 bits per heavy atom. The van der Waals surface area contributed by atoms with Gasteiger partial charge in [0.05, 0.1) is 0 Å². The van der Waals surface area contributed by atoms with E-state index in [9.17, 15) is 4.79 Å². The standard InChI is InChI=1S/C20H32N2O/c1-14(2)10-19(23)22-12-16(11-18(21)13-22)15-6-8-17(9-7-15)20(3,4)5/h6-9,14,16,18H,10-13,21H2,1-5H3. The molecule has 23 heavy (non-hydrogen) atoms. The molecule has 0 aliphatic carbocycles. The Labute approximate surface area is 141 Å². The first-order valence-corrected chi connectivity index (χ1v) is 8.80.